The van der Waals surface area contributed by atoms with Crippen LogP contribution in [0.1, 0.15) is 11.1 Å². The van der Waals surface area contributed by atoms with E-state index in [0.29, 0.717) is 13.1 Å². The molecule has 100 valence electrons. The number of anilines is 1. The summed E-state index contributed by atoms with van der Waals surface area (Å²) in [6, 6.07) is 8.55. The Morgan fingerprint density at radius 1 is 1.21 bits per heavy atom. The molecule has 1 heterocycles. The quantitative estimate of drug-likeness (QED) is 0.921. The fourth-order valence-corrected chi connectivity index (χ4v) is 1.89. The van der Waals surface area contributed by atoms with Gasteiger partial charge in [0.15, 0.2) is 11.6 Å². The summed E-state index contributed by atoms with van der Waals surface area (Å²) in [4.78, 5) is 5.40. The number of aromatic nitrogens is 1. The zero-order valence-corrected chi connectivity index (χ0v) is 10.6. The number of nitrogens with two attached hydrogens (primary N) is 1. The summed E-state index contributed by atoms with van der Waals surface area (Å²) in [6.07, 6.45) is 1.01. The zero-order chi connectivity index (χ0) is 13.8. The number of pyridine rings is 1. The van der Waals surface area contributed by atoms with Gasteiger partial charge < -0.3 is 10.6 Å². The summed E-state index contributed by atoms with van der Waals surface area (Å²) in [5.74, 6) is -1.23. The molecule has 0 spiro atoms. The summed E-state index contributed by atoms with van der Waals surface area (Å²) < 4.78 is 26.4. The van der Waals surface area contributed by atoms with Gasteiger partial charge in [0.05, 0.1) is 6.20 Å². The normalized spacial score (nSPS) is 10.5. The summed E-state index contributed by atoms with van der Waals surface area (Å²) >= 11 is 0. The molecule has 2 aromatic rings. The van der Waals surface area contributed by atoms with Gasteiger partial charge >= 0.3 is 0 Å². The lowest BCUT2D eigenvalue weighted by Gasteiger charge is -2.19. The molecule has 0 aliphatic carbocycles. The maximum Gasteiger partial charge on any atom is 0.168 e. The lowest BCUT2D eigenvalue weighted by molar-refractivity contribution is 0.570. The highest BCUT2D eigenvalue weighted by molar-refractivity contribution is 5.40. The number of benzene rings is 1. The summed E-state index contributed by atoms with van der Waals surface area (Å²) in [5.41, 5.74) is 7.58. The molecule has 0 aliphatic rings. The monoisotopic (exact) mass is 263 g/mol. The van der Waals surface area contributed by atoms with Crippen molar-refractivity contribution in [3.8, 4) is 0 Å². The summed E-state index contributed by atoms with van der Waals surface area (Å²) in [7, 11) is 1.71. The molecule has 0 amide bonds. The largest absolute Gasteiger partial charge is 0.353 e. The van der Waals surface area contributed by atoms with E-state index in [1.165, 1.54) is 0 Å². The topological polar surface area (TPSA) is 42.1 Å². The SMILES string of the molecule is CN(Cc1cccc(CN)c1)c1ncc(F)cc1F. The van der Waals surface area contributed by atoms with Crippen molar-refractivity contribution in [3.63, 3.8) is 0 Å². The predicted molar refractivity (Wildman–Crippen MR) is 70.6 cm³/mol. The Morgan fingerprint density at radius 2 is 1.95 bits per heavy atom. The third-order valence-corrected chi connectivity index (χ3v) is 2.80. The minimum absolute atomic E-state index is 0.125. The average Bonchev–Trinajstić information content (AvgIpc) is 2.38. The molecule has 1 aromatic heterocycles. The Labute approximate surface area is 110 Å². The van der Waals surface area contributed by atoms with Crippen molar-refractivity contribution < 1.29 is 8.78 Å². The van der Waals surface area contributed by atoms with Gasteiger partial charge in [-0.3, -0.25) is 0 Å². The molecule has 2 rings (SSSR count). The van der Waals surface area contributed by atoms with Gasteiger partial charge in [-0.2, -0.15) is 0 Å². The van der Waals surface area contributed by atoms with Gasteiger partial charge in [0.1, 0.15) is 5.82 Å². The Morgan fingerprint density at radius 3 is 2.63 bits per heavy atom. The van der Waals surface area contributed by atoms with Crippen molar-refractivity contribution in [1.29, 1.82) is 0 Å². The van der Waals surface area contributed by atoms with Crippen LogP contribution in [0, 0.1) is 11.6 Å². The van der Waals surface area contributed by atoms with Crippen molar-refractivity contribution in [3.05, 3.63) is 59.3 Å². The molecule has 0 aliphatic heterocycles. The van der Waals surface area contributed by atoms with Crippen LogP contribution in [0.2, 0.25) is 0 Å². The first-order valence-electron chi connectivity index (χ1n) is 5.90. The Balaban J connectivity index is 2.17. The lowest BCUT2D eigenvalue weighted by atomic mass is 10.1. The van der Waals surface area contributed by atoms with E-state index in [4.69, 9.17) is 5.73 Å². The molecular weight excluding hydrogens is 248 g/mol. The molecule has 19 heavy (non-hydrogen) atoms. The lowest BCUT2D eigenvalue weighted by Crippen LogP contribution is -2.19. The van der Waals surface area contributed by atoms with E-state index in [2.05, 4.69) is 4.98 Å². The van der Waals surface area contributed by atoms with Crippen LogP contribution in [0.15, 0.2) is 36.5 Å². The first-order valence-corrected chi connectivity index (χ1v) is 5.90. The number of hydrogen-bond acceptors (Lipinski definition) is 3. The van der Waals surface area contributed by atoms with E-state index in [-0.39, 0.29) is 5.82 Å². The van der Waals surface area contributed by atoms with Gasteiger partial charge in [-0.05, 0) is 11.1 Å². The van der Waals surface area contributed by atoms with Crippen LogP contribution in [0.5, 0.6) is 0 Å². The highest BCUT2D eigenvalue weighted by Gasteiger charge is 2.10. The van der Waals surface area contributed by atoms with E-state index in [0.717, 1.165) is 23.4 Å². The second kappa shape index (κ2) is 5.75. The number of rotatable bonds is 4. The second-order valence-corrected chi connectivity index (χ2v) is 4.34. The van der Waals surface area contributed by atoms with E-state index >= 15 is 0 Å². The van der Waals surface area contributed by atoms with E-state index < -0.39 is 11.6 Å². The van der Waals surface area contributed by atoms with Crippen molar-refractivity contribution in [2.24, 2.45) is 5.73 Å². The molecule has 0 saturated carbocycles. The Bertz CT molecular complexity index is 572. The van der Waals surface area contributed by atoms with E-state index in [9.17, 15) is 8.78 Å². The van der Waals surface area contributed by atoms with Crippen LogP contribution in [0.3, 0.4) is 0 Å². The van der Waals surface area contributed by atoms with Gasteiger partial charge in [0.2, 0.25) is 0 Å². The molecule has 0 unspecified atom stereocenters. The second-order valence-electron chi connectivity index (χ2n) is 4.34. The maximum absolute atomic E-state index is 13.6. The summed E-state index contributed by atoms with van der Waals surface area (Å²) in [5, 5.41) is 0. The smallest absolute Gasteiger partial charge is 0.168 e. The number of hydrogen-bond donors (Lipinski definition) is 1. The van der Waals surface area contributed by atoms with Crippen LogP contribution >= 0.6 is 0 Å². The van der Waals surface area contributed by atoms with Crippen molar-refractivity contribution in [2.75, 3.05) is 11.9 Å². The average molecular weight is 263 g/mol. The third-order valence-electron chi connectivity index (χ3n) is 2.80. The third kappa shape index (κ3) is 3.26. The fourth-order valence-electron chi connectivity index (χ4n) is 1.89. The molecule has 0 fully saturated rings. The fraction of sp³-hybridized carbons (Fsp3) is 0.214. The summed E-state index contributed by atoms with van der Waals surface area (Å²) in [6.45, 7) is 0.935. The standard InChI is InChI=1S/C14H15F2N3/c1-19(14-13(16)6-12(15)8-18-14)9-11-4-2-3-10(5-11)7-17/h2-6,8H,7,9,17H2,1H3. The molecule has 1 aromatic carbocycles. The van der Waals surface area contributed by atoms with E-state index in [1.54, 1.807) is 11.9 Å². The molecule has 0 saturated heterocycles. The van der Waals surface area contributed by atoms with Gasteiger partial charge in [0, 0.05) is 26.2 Å². The molecule has 3 nitrogen and oxygen atoms in total. The molecule has 0 atom stereocenters. The van der Waals surface area contributed by atoms with Crippen LogP contribution in [0.4, 0.5) is 14.6 Å². The van der Waals surface area contributed by atoms with Crippen molar-refractivity contribution in [2.45, 2.75) is 13.1 Å². The van der Waals surface area contributed by atoms with Gasteiger partial charge in [0.25, 0.3) is 0 Å². The highest BCUT2D eigenvalue weighted by atomic mass is 19.1. The van der Waals surface area contributed by atoms with E-state index in [1.807, 2.05) is 24.3 Å². The zero-order valence-electron chi connectivity index (χ0n) is 10.6. The first kappa shape index (κ1) is 13.4. The van der Waals surface area contributed by atoms with Gasteiger partial charge in [-0.25, -0.2) is 13.8 Å². The minimum Gasteiger partial charge on any atom is -0.353 e. The molecular formula is C14H15F2N3. The molecule has 0 radical (unpaired) electrons. The number of nitrogens with zero attached hydrogens (tertiary/aromatic N) is 2. The van der Waals surface area contributed by atoms with Crippen LogP contribution in [-0.4, -0.2) is 12.0 Å². The van der Waals surface area contributed by atoms with Crippen LogP contribution in [0.25, 0.3) is 0 Å². The van der Waals surface area contributed by atoms with Crippen LogP contribution < -0.4 is 10.6 Å². The van der Waals surface area contributed by atoms with Crippen molar-refractivity contribution in [1.82, 2.24) is 4.98 Å². The maximum atomic E-state index is 13.6. The van der Waals surface area contributed by atoms with Gasteiger partial charge in [-0.1, -0.05) is 24.3 Å². The first-order chi connectivity index (χ1) is 9.10. The number of halogens is 2. The minimum atomic E-state index is -0.681. The predicted octanol–water partition coefficient (Wildman–Crippen LogP) is 2.45. The molecule has 0 bridgehead atoms. The molecule has 2 N–H and O–H groups in total. The molecule has 5 heteroatoms. The van der Waals surface area contributed by atoms with Crippen LogP contribution in [-0.2, 0) is 13.1 Å². The van der Waals surface area contributed by atoms with Crippen molar-refractivity contribution >= 4 is 5.82 Å². The Hall–Kier alpha value is -2.01. The highest BCUT2D eigenvalue weighted by Crippen LogP contribution is 2.18. The Kier molecular flexibility index (Phi) is 4.06. The van der Waals surface area contributed by atoms with Gasteiger partial charge in [-0.15, -0.1) is 0 Å².